The normalized spacial score (nSPS) is 31.4. The van der Waals surface area contributed by atoms with Crippen molar-refractivity contribution in [1.29, 1.82) is 0 Å². The number of nitrogens with zero attached hydrogens (tertiary/aromatic N) is 1. The van der Waals surface area contributed by atoms with E-state index in [0.717, 1.165) is 6.42 Å². The lowest BCUT2D eigenvalue weighted by atomic mass is 10.2. The fourth-order valence-electron chi connectivity index (χ4n) is 2.48. The van der Waals surface area contributed by atoms with E-state index in [4.69, 9.17) is 0 Å². The summed E-state index contributed by atoms with van der Waals surface area (Å²) in [5.74, 6) is -3.92. The van der Waals surface area contributed by atoms with Gasteiger partial charge in [0.05, 0.1) is 6.54 Å². The third-order valence-corrected chi connectivity index (χ3v) is 3.58. The van der Waals surface area contributed by atoms with Gasteiger partial charge in [-0.1, -0.05) is 0 Å². The third-order valence-electron chi connectivity index (χ3n) is 3.58. The predicted molar refractivity (Wildman–Crippen MR) is 56.5 cm³/mol. The molecule has 0 spiro atoms. The highest BCUT2D eigenvalue weighted by atomic mass is 19.3. The van der Waals surface area contributed by atoms with E-state index in [-0.39, 0.29) is 6.04 Å². The Morgan fingerprint density at radius 1 is 1.35 bits per heavy atom. The smallest absolute Gasteiger partial charge is 0.307 e. The van der Waals surface area contributed by atoms with Crippen molar-refractivity contribution in [2.75, 3.05) is 13.1 Å². The third kappa shape index (κ3) is 3.10. The molecule has 0 amide bonds. The van der Waals surface area contributed by atoms with Gasteiger partial charge in [-0.05, 0) is 26.2 Å². The van der Waals surface area contributed by atoms with Crippen LogP contribution in [0.5, 0.6) is 0 Å². The van der Waals surface area contributed by atoms with E-state index in [9.17, 15) is 17.6 Å². The predicted octanol–water partition coefficient (Wildman–Crippen LogP) is 2.10. The summed E-state index contributed by atoms with van der Waals surface area (Å²) in [4.78, 5) is 2.29. The summed E-state index contributed by atoms with van der Waals surface area (Å²) in [6, 6.07) is 0.864. The van der Waals surface area contributed by atoms with Crippen LogP contribution in [0.2, 0.25) is 0 Å². The van der Waals surface area contributed by atoms with Gasteiger partial charge in [0, 0.05) is 24.7 Å². The van der Waals surface area contributed by atoms with E-state index >= 15 is 0 Å². The maximum Gasteiger partial charge on any atom is 0.319 e. The lowest BCUT2D eigenvalue weighted by Crippen LogP contribution is -2.44. The van der Waals surface area contributed by atoms with Gasteiger partial charge in [0.1, 0.15) is 0 Å². The number of nitrogens with one attached hydrogen (secondary N) is 1. The topological polar surface area (TPSA) is 15.3 Å². The Kier molecular flexibility index (Phi) is 3.63. The summed E-state index contributed by atoms with van der Waals surface area (Å²) in [5.41, 5.74) is 0. The molecule has 2 unspecified atom stereocenters. The van der Waals surface area contributed by atoms with Gasteiger partial charge in [-0.2, -0.15) is 8.78 Å². The number of alkyl halides is 4. The summed E-state index contributed by atoms with van der Waals surface area (Å²) in [6.45, 7) is 1.83. The fraction of sp³-hybridized carbons (Fsp3) is 1.00. The summed E-state index contributed by atoms with van der Waals surface area (Å²) >= 11 is 0. The van der Waals surface area contributed by atoms with Crippen molar-refractivity contribution in [2.45, 2.75) is 56.7 Å². The van der Waals surface area contributed by atoms with Crippen LogP contribution in [0.1, 0.15) is 26.2 Å². The zero-order valence-electron chi connectivity index (χ0n) is 9.80. The van der Waals surface area contributed by atoms with Crippen LogP contribution in [0.25, 0.3) is 0 Å². The van der Waals surface area contributed by atoms with E-state index in [1.165, 1.54) is 12.8 Å². The molecule has 2 nitrogen and oxygen atoms in total. The van der Waals surface area contributed by atoms with E-state index in [1.807, 2.05) is 0 Å². The highest BCUT2D eigenvalue weighted by Crippen LogP contribution is 2.33. The molecule has 1 aliphatic carbocycles. The lowest BCUT2D eigenvalue weighted by molar-refractivity contribution is -0.126. The maximum absolute atomic E-state index is 12.7. The Morgan fingerprint density at radius 2 is 2.00 bits per heavy atom. The minimum atomic E-state index is -3.92. The number of hydrogen-bond acceptors (Lipinski definition) is 2. The van der Waals surface area contributed by atoms with Gasteiger partial charge >= 0.3 is 12.3 Å². The molecule has 0 aromatic rings. The zero-order valence-corrected chi connectivity index (χ0v) is 9.80. The molecule has 1 saturated carbocycles. The van der Waals surface area contributed by atoms with Gasteiger partial charge in [0.2, 0.25) is 0 Å². The molecule has 100 valence electrons. The van der Waals surface area contributed by atoms with Crippen molar-refractivity contribution in [3.63, 3.8) is 0 Å². The second-order valence-corrected chi connectivity index (χ2v) is 5.15. The lowest BCUT2D eigenvalue weighted by Gasteiger charge is -2.21. The van der Waals surface area contributed by atoms with Crippen LogP contribution in [0.15, 0.2) is 0 Å². The Balaban J connectivity index is 1.77. The van der Waals surface area contributed by atoms with E-state index in [0.29, 0.717) is 18.6 Å². The average Bonchev–Trinajstić information content (AvgIpc) is 3.00. The van der Waals surface area contributed by atoms with Crippen molar-refractivity contribution >= 4 is 0 Å². The molecular formula is C11H18F4N2. The Labute approximate surface area is 98.3 Å². The minimum Gasteiger partial charge on any atom is -0.307 e. The zero-order chi connectivity index (χ0) is 12.6. The van der Waals surface area contributed by atoms with Gasteiger partial charge in [-0.3, -0.25) is 4.90 Å². The van der Waals surface area contributed by atoms with E-state index in [1.54, 1.807) is 0 Å². The number of likely N-dealkylation sites (tertiary alicyclic amines) is 1. The van der Waals surface area contributed by atoms with Crippen molar-refractivity contribution < 1.29 is 17.6 Å². The van der Waals surface area contributed by atoms with Crippen molar-refractivity contribution in [2.24, 2.45) is 0 Å². The van der Waals surface area contributed by atoms with Crippen LogP contribution in [0.3, 0.4) is 0 Å². The van der Waals surface area contributed by atoms with E-state index < -0.39 is 18.9 Å². The molecular weight excluding hydrogens is 236 g/mol. The average molecular weight is 254 g/mol. The molecule has 2 fully saturated rings. The molecule has 0 aromatic heterocycles. The van der Waals surface area contributed by atoms with Crippen LogP contribution in [-0.2, 0) is 0 Å². The van der Waals surface area contributed by atoms with Gasteiger partial charge in [0.15, 0.2) is 0 Å². The highest BCUT2D eigenvalue weighted by molar-refractivity contribution is 4.96. The molecule has 0 bridgehead atoms. The molecule has 0 radical (unpaired) electrons. The van der Waals surface area contributed by atoms with Crippen LogP contribution in [0, 0.1) is 0 Å². The molecule has 1 aliphatic heterocycles. The Hall–Kier alpha value is -0.360. The van der Waals surface area contributed by atoms with Gasteiger partial charge < -0.3 is 5.32 Å². The molecule has 1 N–H and O–H groups in total. The second-order valence-electron chi connectivity index (χ2n) is 5.15. The molecule has 2 atom stereocenters. The first kappa shape index (κ1) is 13.1. The Bertz CT molecular complexity index is 268. The maximum atomic E-state index is 12.7. The summed E-state index contributed by atoms with van der Waals surface area (Å²) in [6.07, 6.45) is -0.488. The molecule has 0 aromatic carbocycles. The van der Waals surface area contributed by atoms with E-state index in [2.05, 4.69) is 17.1 Å². The Morgan fingerprint density at radius 3 is 2.53 bits per heavy atom. The molecule has 6 heteroatoms. The van der Waals surface area contributed by atoms with Crippen LogP contribution in [-0.4, -0.2) is 48.5 Å². The molecule has 17 heavy (non-hydrogen) atoms. The summed E-state index contributed by atoms with van der Waals surface area (Å²) in [5, 5.41) is 2.57. The molecule has 1 saturated heterocycles. The van der Waals surface area contributed by atoms with Crippen molar-refractivity contribution in [3.8, 4) is 0 Å². The number of hydrogen-bond donors (Lipinski definition) is 1. The highest BCUT2D eigenvalue weighted by Gasteiger charge is 2.43. The largest absolute Gasteiger partial charge is 0.319 e. The summed E-state index contributed by atoms with van der Waals surface area (Å²) < 4.78 is 49.4. The first-order chi connectivity index (χ1) is 7.90. The van der Waals surface area contributed by atoms with Crippen LogP contribution < -0.4 is 5.32 Å². The first-order valence-corrected chi connectivity index (χ1v) is 6.05. The number of halogens is 4. The van der Waals surface area contributed by atoms with Crippen molar-refractivity contribution in [3.05, 3.63) is 0 Å². The SMILES string of the molecule is CC1CC(NCC(F)(F)C(F)F)CN1C1CC1. The summed E-state index contributed by atoms with van der Waals surface area (Å²) in [7, 11) is 0. The monoisotopic (exact) mass is 254 g/mol. The quantitative estimate of drug-likeness (QED) is 0.756. The van der Waals surface area contributed by atoms with Gasteiger partial charge in [0.25, 0.3) is 0 Å². The number of rotatable bonds is 5. The second kappa shape index (κ2) is 4.72. The molecule has 2 aliphatic rings. The van der Waals surface area contributed by atoms with Gasteiger partial charge in [-0.25, -0.2) is 8.78 Å². The van der Waals surface area contributed by atoms with Gasteiger partial charge in [-0.15, -0.1) is 0 Å². The standard InChI is InChI=1S/C11H18F4N2/c1-7-4-8(5-17(7)9-2-3-9)16-6-11(14,15)10(12)13/h7-10,16H,2-6H2,1H3. The van der Waals surface area contributed by atoms with Crippen LogP contribution >= 0.6 is 0 Å². The first-order valence-electron chi connectivity index (χ1n) is 6.05. The van der Waals surface area contributed by atoms with Crippen molar-refractivity contribution in [1.82, 2.24) is 10.2 Å². The minimum absolute atomic E-state index is 0.0878. The molecule has 2 rings (SSSR count). The van der Waals surface area contributed by atoms with Crippen LogP contribution in [0.4, 0.5) is 17.6 Å². The fourth-order valence-corrected chi connectivity index (χ4v) is 2.48. The molecule has 1 heterocycles.